The van der Waals surface area contributed by atoms with Gasteiger partial charge in [-0.15, -0.1) is 0 Å². The lowest BCUT2D eigenvalue weighted by atomic mass is 9.98. The van der Waals surface area contributed by atoms with Gasteiger partial charge in [-0.2, -0.15) is 0 Å². The van der Waals surface area contributed by atoms with E-state index >= 15 is 4.39 Å². The molecular weight excluding hydrogens is 477 g/mol. The summed E-state index contributed by atoms with van der Waals surface area (Å²) in [6.07, 6.45) is 6.13. The lowest BCUT2D eigenvalue weighted by Gasteiger charge is -2.39. The molecule has 0 bridgehead atoms. The average Bonchev–Trinajstić information content (AvgIpc) is 3.57. The van der Waals surface area contributed by atoms with Crippen molar-refractivity contribution in [1.29, 1.82) is 0 Å². The van der Waals surface area contributed by atoms with Crippen LogP contribution in [0.3, 0.4) is 0 Å². The van der Waals surface area contributed by atoms with Gasteiger partial charge in [-0.1, -0.05) is 6.08 Å². The van der Waals surface area contributed by atoms with Crippen molar-refractivity contribution in [3.8, 4) is 0 Å². The normalized spacial score (nSPS) is 23.3. The number of cyclic esters (lactones) is 1. The van der Waals surface area contributed by atoms with E-state index in [2.05, 4.69) is 10.2 Å². The molecule has 4 heterocycles. The number of nitrogens with one attached hydrogen (secondary N) is 1. The number of likely N-dealkylation sites (tertiary alicyclic amines) is 2. The zero-order valence-corrected chi connectivity index (χ0v) is 21.5. The van der Waals surface area contributed by atoms with Crippen LogP contribution >= 0.6 is 0 Å². The summed E-state index contributed by atoms with van der Waals surface area (Å²) in [5.74, 6) is -0.612. The maximum absolute atomic E-state index is 15.1. The van der Waals surface area contributed by atoms with Crippen LogP contribution in [0.1, 0.15) is 44.6 Å². The number of piperidine rings is 1. The second-order valence-electron chi connectivity index (χ2n) is 10.4. The number of halogens is 1. The summed E-state index contributed by atoms with van der Waals surface area (Å²) >= 11 is 0. The van der Waals surface area contributed by atoms with Gasteiger partial charge in [-0.3, -0.25) is 9.69 Å². The summed E-state index contributed by atoms with van der Waals surface area (Å²) in [6.45, 7) is 6.86. The van der Waals surface area contributed by atoms with E-state index in [0.29, 0.717) is 36.8 Å². The lowest BCUT2D eigenvalue weighted by molar-refractivity contribution is -0.119. The molecule has 10 heteroatoms. The molecule has 3 saturated heterocycles. The Bertz CT molecular complexity index is 1060. The van der Waals surface area contributed by atoms with E-state index in [4.69, 9.17) is 4.74 Å². The number of anilines is 1. The molecule has 0 spiro atoms. The van der Waals surface area contributed by atoms with Crippen LogP contribution in [0.4, 0.5) is 19.7 Å². The van der Waals surface area contributed by atoms with E-state index in [-0.39, 0.29) is 25.0 Å². The molecule has 4 amide bonds. The average molecular weight is 514 g/mol. The third-order valence-corrected chi connectivity index (χ3v) is 7.93. The molecular formula is C27H36FN5O4. The highest BCUT2D eigenvalue weighted by Gasteiger charge is 2.33. The first-order valence-electron chi connectivity index (χ1n) is 13.4. The molecule has 1 aromatic carbocycles. The van der Waals surface area contributed by atoms with Crippen LogP contribution in [0.5, 0.6) is 0 Å². The molecule has 37 heavy (non-hydrogen) atoms. The van der Waals surface area contributed by atoms with Crippen LogP contribution in [0.25, 0.3) is 5.57 Å². The monoisotopic (exact) mass is 513 g/mol. The number of ether oxygens (including phenoxy) is 1. The Balaban J connectivity index is 1.15. The number of hydrogen-bond donors (Lipinski definition) is 1. The minimum atomic E-state index is -0.557. The highest BCUT2D eigenvalue weighted by molar-refractivity contribution is 5.90. The van der Waals surface area contributed by atoms with Gasteiger partial charge < -0.3 is 24.8 Å². The van der Waals surface area contributed by atoms with Crippen molar-refractivity contribution in [2.24, 2.45) is 0 Å². The fourth-order valence-electron chi connectivity index (χ4n) is 5.85. The van der Waals surface area contributed by atoms with Crippen molar-refractivity contribution >= 4 is 29.3 Å². The van der Waals surface area contributed by atoms with Crippen molar-refractivity contribution < 1.29 is 23.5 Å². The second-order valence-corrected chi connectivity index (χ2v) is 10.4. The van der Waals surface area contributed by atoms with Crippen LogP contribution in [0, 0.1) is 5.82 Å². The van der Waals surface area contributed by atoms with E-state index < -0.39 is 18.0 Å². The van der Waals surface area contributed by atoms with Crippen molar-refractivity contribution in [1.82, 2.24) is 20.0 Å². The van der Waals surface area contributed by atoms with Crippen LogP contribution in [0.2, 0.25) is 0 Å². The van der Waals surface area contributed by atoms with Crippen LogP contribution < -0.4 is 10.2 Å². The molecule has 1 N–H and O–H groups in total. The van der Waals surface area contributed by atoms with E-state index in [1.165, 1.54) is 43.8 Å². The lowest BCUT2D eigenvalue weighted by Crippen LogP contribution is -2.51. The highest BCUT2D eigenvalue weighted by Crippen LogP contribution is 2.30. The number of carbonyl (C=O) groups excluding carboxylic acids is 3. The third-order valence-electron chi connectivity index (χ3n) is 7.93. The van der Waals surface area contributed by atoms with Gasteiger partial charge in [0.2, 0.25) is 5.91 Å². The molecule has 0 radical (unpaired) electrons. The van der Waals surface area contributed by atoms with Gasteiger partial charge in [-0.05, 0) is 69.0 Å². The summed E-state index contributed by atoms with van der Waals surface area (Å²) in [5, 5.41) is 2.63. The van der Waals surface area contributed by atoms with Crippen LogP contribution in [-0.2, 0) is 9.53 Å². The Labute approximate surface area is 217 Å². The summed E-state index contributed by atoms with van der Waals surface area (Å²) in [6, 6.07) is 5.43. The van der Waals surface area contributed by atoms with Crippen LogP contribution in [-0.4, -0.2) is 97.2 Å². The molecule has 5 rings (SSSR count). The molecule has 0 aliphatic carbocycles. The Morgan fingerprint density at radius 1 is 1.08 bits per heavy atom. The quantitative estimate of drug-likeness (QED) is 0.654. The van der Waals surface area contributed by atoms with Gasteiger partial charge >= 0.3 is 12.1 Å². The minimum Gasteiger partial charge on any atom is -0.442 e. The van der Waals surface area contributed by atoms with Gasteiger partial charge in [-0.25, -0.2) is 14.0 Å². The first-order valence-corrected chi connectivity index (χ1v) is 13.4. The van der Waals surface area contributed by atoms with Crippen molar-refractivity contribution in [3.05, 3.63) is 35.7 Å². The number of nitrogens with zero attached hydrogens (tertiary/aromatic N) is 4. The molecule has 0 saturated carbocycles. The molecule has 4 aliphatic heterocycles. The predicted octanol–water partition coefficient (Wildman–Crippen LogP) is 3.06. The van der Waals surface area contributed by atoms with E-state index in [9.17, 15) is 14.4 Å². The fraction of sp³-hybridized carbons (Fsp3) is 0.593. The smallest absolute Gasteiger partial charge is 0.414 e. The first-order chi connectivity index (χ1) is 17.9. The largest absolute Gasteiger partial charge is 0.442 e. The van der Waals surface area contributed by atoms with Gasteiger partial charge in [0.25, 0.3) is 0 Å². The second kappa shape index (κ2) is 11.1. The number of urea groups is 1. The zero-order chi connectivity index (χ0) is 25.9. The summed E-state index contributed by atoms with van der Waals surface area (Å²) < 4.78 is 20.4. The fourth-order valence-corrected chi connectivity index (χ4v) is 5.85. The summed E-state index contributed by atoms with van der Waals surface area (Å²) in [4.78, 5) is 44.2. The van der Waals surface area contributed by atoms with E-state index in [1.54, 1.807) is 12.1 Å². The minimum absolute atomic E-state index is 0.0763. The molecule has 4 aliphatic rings. The number of amides is 4. The SMILES string of the molecule is CC(=O)NCC1CN(c2ccc(C3=CCN(C(=O)N4CCC(N5CCCC5)CC4)CC3)c(F)c2)C(=O)O1. The van der Waals surface area contributed by atoms with Crippen molar-refractivity contribution in [2.45, 2.75) is 51.2 Å². The summed E-state index contributed by atoms with van der Waals surface area (Å²) in [7, 11) is 0. The number of rotatable bonds is 5. The Hall–Kier alpha value is -3.14. The van der Waals surface area contributed by atoms with Gasteiger partial charge in [0, 0.05) is 44.7 Å². The highest BCUT2D eigenvalue weighted by atomic mass is 19.1. The maximum atomic E-state index is 15.1. The van der Waals surface area contributed by atoms with E-state index in [1.807, 2.05) is 15.9 Å². The standard InChI is InChI=1S/C27H36FN5O4/c1-19(34)29-17-23-18-33(27(36)37-23)22-4-5-24(25(28)16-22)20-6-12-31(13-7-20)26(35)32-14-8-21(9-15-32)30-10-2-3-11-30/h4-6,16,21,23H,2-3,7-15,17-18H2,1H3,(H,29,34). The first kappa shape index (κ1) is 25.5. The molecule has 3 fully saturated rings. The molecule has 1 unspecified atom stereocenters. The summed E-state index contributed by atoms with van der Waals surface area (Å²) in [5.41, 5.74) is 1.78. The van der Waals surface area contributed by atoms with Crippen LogP contribution in [0.15, 0.2) is 24.3 Å². The van der Waals surface area contributed by atoms with Crippen molar-refractivity contribution in [2.75, 3.05) is 57.3 Å². The Morgan fingerprint density at radius 2 is 1.84 bits per heavy atom. The molecule has 1 atom stereocenters. The molecule has 1 aromatic rings. The van der Waals surface area contributed by atoms with Gasteiger partial charge in [0.05, 0.1) is 18.8 Å². The molecule has 9 nitrogen and oxygen atoms in total. The van der Waals surface area contributed by atoms with E-state index in [0.717, 1.165) is 31.5 Å². The number of benzene rings is 1. The number of carbonyl (C=O) groups is 3. The number of hydrogen-bond acceptors (Lipinski definition) is 5. The third kappa shape index (κ3) is 5.74. The van der Waals surface area contributed by atoms with Gasteiger partial charge in [0.1, 0.15) is 11.9 Å². The maximum Gasteiger partial charge on any atom is 0.414 e. The topological polar surface area (TPSA) is 85.4 Å². The Morgan fingerprint density at radius 3 is 2.49 bits per heavy atom. The van der Waals surface area contributed by atoms with Crippen molar-refractivity contribution in [3.63, 3.8) is 0 Å². The molecule has 200 valence electrons. The molecule has 0 aromatic heterocycles. The zero-order valence-electron chi connectivity index (χ0n) is 21.5. The Kier molecular flexibility index (Phi) is 7.64. The predicted molar refractivity (Wildman–Crippen MR) is 138 cm³/mol. The van der Waals surface area contributed by atoms with Gasteiger partial charge in [0.15, 0.2) is 0 Å².